The number of aromatic nitrogens is 1. The first-order chi connectivity index (χ1) is 23.0. The number of alkyl carbamates (subject to hydrolysis) is 1. The molecule has 4 rings (SSSR count). The molecular weight excluding hydrogens is 649 g/mol. The molecule has 0 saturated carbocycles. The molecule has 0 fully saturated rings. The fourth-order valence-electron chi connectivity index (χ4n) is 5.79. The van der Waals surface area contributed by atoms with E-state index in [1.165, 1.54) is 22.8 Å². The zero-order valence-electron chi connectivity index (χ0n) is 27.9. The zero-order valence-corrected chi connectivity index (χ0v) is 29.5. The normalized spacial score (nSPS) is 13.8. The van der Waals surface area contributed by atoms with E-state index in [0.717, 1.165) is 21.3 Å². The Labute approximate surface area is 287 Å². The Hall–Kier alpha value is -3.84. The fraction of sp³-hybridized carbons (Fsp3) is 0.417. The van der Waals surface area contributed by atoms with Gasteiger partial charge in [0.15, 0.2) is 0 Å². The first-order valence-corrected chi connectivity index (χ1v) is 18.6. The van der Waals surface area contributed by atoms with Gasteiger partial charge in [-0.3, -0.25) is 4.79 Å². The van der Waals surface area contributed by atoms with Crippen molar-refractivity contribution in [3.63, 3.8) is 0 Å². The summed E-state index contributed by atoms with van der Waals surface area (Å²) in [6.07, 6.45) is 1.40. The molecule has 48 heavy (non-hydrogen) atoms. The van der Waals surface area contributed by atoms with Crippen molar-refractivity contribution in [1.29, 1.82) is 0 Å². The third-order valence-electron chi connectivity index (χ3n) is 8.41. The Balaban J connectivity index is 1.48. The lowest BCUT2D eigenvalue weighted by molar-refractivity contribution is -0.124. The number of fused-ring (bicyclic) bond motifs is 1. The van der Waals surface area contributed by atoms with Crippen molar-refractivity contribution < 1.29 is 27.9 Å². The van der Waals surface area contributed by atoms with Crippen molar-refractivity contribution in [3.8, 4) is 0 Å². The summed E-state index contributed by atoms with van der Waals surface area (Å²) >= 11 is 1.38. The summed E-state index contributed by atoms with van der Waals surface area (Å²) in [7, 11) is -2.65. The number of benzene rings is 3. The first kappa shape index (κ1) is 37.0. The van der Waals surface area contributed by atoms with E-state index in [4.69, 9.17) is 4.74 Å². The number of amides is 2. The fourth-order valence-corrected chi connectivity index (χ4v) is 8.27. The molecule has 0 bridgehead atoms. The monoisotopic (exact) mass is 694 g/mol. The van der Waals surface area contributed by atoms with E-state index in [9.17, 15) is 23.1 Å². The number of thiazole rings is 1. The third-order valence-corrected chi connectivity index (χ3v) is 11.1. The SMILES string of the molecule is COC(=O)N[C@H](C(=O)N[C@@H](C)CCC[C@@H](CO)N(CCC(C)C)S(=O)(=O)c1ccc2ncsc2c1)C(c1ccccc1)c1ccccc1. The van der Waals surface area contributed by atoms with Crippen LogP contribution in [-0.4, -0.2) is 73.2 Å². The van der Waals surface area contributed by atoms with Gasteiger partial charge in [0, 0.05) is 24.5 Å². The molecule has 2 amide bonds. The number of sulfonamides is 1. The summed E-state index contributed by atoms with van der Waals surface area (Å²) < 4.78 is 35.0. The number of ether oxygens (including phenoxy) is 1. The predicted molar refractivity (Wildman–Crippen MR) is 189 cm³/mol. The van der Waals surface area contributed by atoms with E-state index in [-0.39, 0.29) is 35.9 Å². The summed E-state index contributed by atoms with van der Waals surface area (Å²) in [5.74, 6) is -0.589. The molecule has 12 heteroatoms. The minimum atomic E-state index is -3.90. The van der Waals surface area contributed by atoms with Gasteiger partial charge in [0.1, 0.15) is 6.04 Å². The maximum Gasteiger partial charge on any atom is 0.407 e. The number of hydrogen-bond acceptors (Lipinski definition) is 8. The van der Waals surface area contributed by atoms with Crippen LogP contribution in [-0.2, 0) is 19.6 Å². The van der Waals surface area contributed by atoms with Crippen molar-refractivity contribution in [2.24, 2.45) is 5.92 Å². The van der Waals surface area contributed by atoms with Crippen LogP contribution in [0.5, 0.6) is 0 Å². The van der Waals surface area contributed by atoms with Crippen molar-refractivity contribution in [3.05, 3.63) is 95.5 Å². The molecule has 0 unspecified atom stereocenters. The number of carbonyl (C=O) groups is 2. The number of aliphatic hydroxyl groups excluding tert-OH is 1. The first-order valence-electron chi connectivity index (χ1n) is 16.3. The van der Waals surface area contributed by atoms with Crippen LogP contribution >= 0.6 is 11.3 Å². The van der Waals surface area contributed by atoms with Crippen molar-refractivity contribution in [2.45, 2.75) is 75.4 Å². The lowest BCUT2D eigenvalue weighted by Gasteiger charge is -2.31. The van der Waals surface area contributed by atoms with Gasteiger partial charge in [-0.05, 0) is 67.9 Å². The molecule has 0 saturated heterocycles. The highest BCUT2D eigenvalue weighted by Crippen LogP contribution is 2.30. The lowest BCUT2D eigenvalue weighted by atomic mass is 9.84. The average molecular weight is 695 g/mol. The number of nitrogens with one attached hydrogen (secondary N) is 2. The van der Waals surface area contributed by atoms with Crippen molar-refractivity contribution in [1.82, 2.24) is 19.9 Å². The average Bonchev–Trinajstić information content (AvgIpc) is 3.56. The van der Waals surface area contributed by atoms with E-state index in [2.05, 4.69) is 15.6 Å². The molecule has 4 aromatic rings. The Kier molecular flexibility index (Phi) is 13.5. The summed E-state index contributed by atoms with van der Waals surface area (Å²) in [6, 6.07) is 22.0. The number of rotatable bonds is 17. The van der Waals surface area contributed by atoms with Crippen molar-refractivity contribution in [2.75, 3.05) is 20.3 Å². The summed E-state index contributed by atoms with van der Waals surface area (Å²) in [4.78, 5) is 30.7. The van der Waals surface area contributed by atoms with Crippen LogP contribution < -0.4 is 10.6 Å². The van der Waals surface area contributed by atoms with Gasteiger partial charge in [-0.2, -0.15) is 4.31 Å². The number of nitrogens with zero attached hydrogens (tertiary/aromatic N) is 2. The number of aliphatic hydroxyl groups is 1. The van der Waals surface area contributed by atoms with E-state index < -0.39 is 34.1 Å². The van der Waals surface area contributed by atoms with Gasteiger partial charge in [0.25, 0.3) is 0 Å². The van der Waals surface area contributed by atoms with Crippen LogP contribution in [0.4, 0.5) is 4.79 Å². The highest BCUT2D eigenvalue weighted by molar-refractivity contribution is 7.89. The van der Waals surface area contributed by atoms with Crippen LogP contribution in [0.2, 0.25) is 0 Å². The summed E-state index contributed by atoms with van der Waals surface area (Å²) in [6.45, 7) is 5.89. The Morgan fingerprint density at radius 1 is 0.917 bits per heavy atom. The quantitative estimate of drug-likeness (QED) is 0.125. The highest BCUT2D eigenvalue weighted by Gasteiger charge is 2.34. The Morgan fingerprint density at radius 3 is 2.15 bits per heavy atom. The molecule has 0 radical (unpaired) electrons. The standard InChI is InChI=1S/C36H46N4O6S2/c1-25(2)20-21-40(48(44,45)30-18-19-31-32(22-30)47-24-37-31)29(23-41)17-11-12-26(3)38-35(42)34(39-36(43)46-4)33(27-13-7-5-8-14-27)28-15-9-6-10-16-28/h5-10,13-16,18-19,22,24-26,29,33-34,41H,11-12,17,20-21,23H2,1-4H3,(H,38,42)(H,39,43)/t26-,29-,34-/m0/s1. The molecule has 0 aliphatic heterocycles. The topological polar surface area (TPSA) is 138 Å². The molecule has 1 heterocycles. The van der Waals surface area contributed by atoms with Crippen LogP contribution in [0.3, 0.4) is 0 Å². The second kappa shape index (κ2) is 17.5. The number of methoxy groups -OCH3 is 1. The predicted octanol–water partition coefficient (Wildman–Crippen LogP) is 5.93. The van der Waals surface area contributed by atoms with E-state index in [1.807, 2.05) is 81.4 Å². The van der Waals surface area contributed by atoms with E-state index in [1.54, 1.807) is 23.7 Å². The van der Waals surface area contributed by atoms with Gasteiger partial charge in [-0.15, -0.1) is 11.3 Å². The highest BCUT2D eigenvalue weighted by atomic mass is 32.2. The molecule has 10 nitrogen and oxygen atoms in total. The Bertz CT molecular complexity index is 1680. The smallest absolute Gasteiger partial charge is 0.407 e. The molecule has 3 atom stereocenters. The van der Waals surface area contributed by atoms with Gasteiger partial charge in [0.05, 0.1) is 34.3 Å². The zero-order chi connectivity index (χ0) is 34.7. The van der Waals surface area contributed by atoms with Crippen LogP contribution in [0.25, 0.3) is 10.2 Å². The maximum atomic E-state index is 13.9. The Morgan fingerprint density at radius 2 is 1.56 bits per heavy atom. The molecule has 3 N–H and O–H groups in total. The maximum absolute atomic E-state index is 13.9. The molecule has 1 aromatic heterocycles. The van der Waals surface area contributed by atoms with Crippen molar-refractivity contribution >= 4 is 43.6 Å². The van der Waals surface area contributed by atoms with Gasteiger partial charge in [-0.1, -0.05) is 74.5 Å². The van der Waals surface area contributed by atoms with Gasteiger partial charge >= 0.3 is 6.09 Å². The lowest BCUT2D eigenvalue weighted by Crippen LogP contribution is -2.52. The van der Waals surface area contributed by atoms with Crippen LogP contribution in [0.15, 0.2) is 89.3 Å². The van der Waals surface area contributed by atoms with Gasteiger partial charge in [-0.25, -0.2) is 18.2 Å². The molecule has 3 aromatic carbocycles. The number of hydrogen-bond donors (Lipinski definition) is 3. The van der Waals surface area contributed by atoms with Gasteiger partial charge in [0.2, 0.25) is 15.9 Å². The second-order valence-corrected chi connectivity index (χ2v) is 15.1. The summed E-state index contributed by atoms with van der Waals surface area (Å²) in [5.41, 5.74) is 4.14. The molecule has 258 valence electrons. The number of carbonyl (C=O) groups excluding carboxylic acids is 2. The molecule has 0 aliphatic rings. The summed E-state index contributed by atoms with van der Waals surface area (Å²) in [5, 5.41) is 16.2. The molecular formula is C36H46N4O6S2. The van der Waals surface area contributed by atoms with E-state index in [0.29, 0.717) is 25.7 Å². The minimum absolute atomic E-state index is 0.178. The van der Waals surface area contributed by atoms with E-state index >= 15 is 0 Å². The van der Waals surface area contributed by atoms with Gasteiger partial charge < -0.3 is 20.5 Å². The van der Waals surface area contributed by atoms with Crippen LogP contribution in [0.1, 0.15) is 63.5 Å². The molecule has 0 spiro atoms. The third kappa shape index (κ3) is 9.62. The molecule has 0 aliphatic carbocycles. The largest absolute Gasteiger partial charge is 0.453 e. The van der Waals surface area contributed by atoms with Crippen LogP contribution in [0, 0.1) is 5.92 Å². The second-order valence-electron chi connectivity index (χ2n) is 12.4. The minimum Gasteiger partial charge on any atom is -0.453 e.